The lowest BCUT2D eigenvalue weighted by Gasteiger charge is -2.28. The molecule has 3 heterocycles. The third kappa shape index (κ3) is 3.37. The highest BCUT2D eigenvalue weighted by Crippen LogP contribution is 2.32. The van der Waals surface area contributed by atoms with Gasteiger partial charge in [-0.05, 0) is 25.5 Å². The van der Waals surface area contributed by atoms with E-state index in [4.69, 9.17) is 9.26 Å². The zero-order chi connectivity index (χ0) is 17.2. The van der Waals surface area contributed by atoms with Gasteiger partial charge in [0, 0.05) is 18.9 Å². The second-order valence-corrected chi connectivity index (χ2v) is 6.60. The molecule has 25 heavy (non-hydrogen) atoms. The van der Waals surface area contributed by atoms with E-state index in [-0.39, 0.29) is 18.0 Å². The van der Waals surface area contributed by atoms with Crippen LogP contribution in [0.3, 0.4) is 0 Å². The molecule has 2 aliphatic rings. The summed E-state index contributed by atoms with van der Waals surface area (Å²) in [6.45, 7) is 3.62. The molecule has 7 heteroatoms. The number of hydrogen-bond donors (Lipinski definition) is 1. The third-order valence-corrected chi connectivity index (χ3v) is 4.85. The van der Waals surface area contributed by atoms with Crippen LogP contribution in [-0.4, -0.2) is 40.6 Å². The predicted molar refractivity (Wildman–Crippen MR) is 90.0 cm³/mol. The zero-order valence-electron chi connectivity index (χ0n) is 14.3. The van der Waals surface area contributed by atoms with Crippen LogP contribution in [-0.2, 0) is 4.79 Å². The Morgan fingerprint density at radius 2 is 2.24 bits per heavy atom. The fraction of sp³-hybridized carbons (Fsp3) is 0.500. The number of carbonyl (C=O) groups excluding carboxylic acids is 1. The molecule has 0 aliphatic carbocycles. The Labute approximate surface area is 146 Å². The van der Waals surface area contributed by atoms with E-state index < -0.39 is 0 Å². The van der Waals surface area contributed by atoms with Gasteiger partial charge in [-0.2, -0.15) is 4.98 Å². The first-order valence-electron chi connectivity index (χ1n) is 8.76. The maximum Gasteiger partial charge on any atom is 0.234 e. The van der Waals surface area contributed by atoms with Crippen molar-refractivity contribution in [3.05, 3.63) is 41.5 Å². The number of nitrogens with one attached hydrogen (secondary N) is 1. The first-order valence-corrected chi connectivity index (χ1v) is 8.76. The van der Waals surface area contributed by atoms with Crippen molar-refractivity contribution < 1.29 is 14.1 Å². The van der Waals surface area contributed by atoms with E-state index >= 15 is 0 Å². The van der Waals surface area contributed by atoms with Gasteiger partial charge < -0.3 is 14.6 Å². The number of nitrogens with zero attached hydrogens (tertiary/aromatic N) is 3. The number of amides is 1. The van der Waals surface area contributed by atoms with Crippen molar-refractivity contribution in [1.29, 1.82) is 0 Å². The second kappa shape index (κ2) is 6.84. The van der Waals surface area contributed by atoms with Crippen LogP contribution in [0.5, 0.6) is 5.75 Å². The predicted octanol–water partition coefficient (Wildman–Crippen LogP) is 2.15. The van der Waals surface area contributed by atoms with Crippen molar-refractivity contribution in [3.8, 4) is 5.75 Å². The van der Waals surface area contributed by atoms with E-state index in [9.17, 15) is 4.79 Å². The Bertz CT molecular complexity index is 760. The standard InChI is InChI=1S/C18H22N4O3/c1-12-19-18(21-25-12)15-6-4-9-22(15)11-17(23)20-14-8-10-24-16-7-3-2-5-13(14)16/h2-3,5,7,14-15H,4,6,8-11H2,1H3,(H,20,23). The molecule has 1 saturated heterocycles. The lowest BCUT2D eigenvalue weighted by atomic mass is 10.0. The summed E-state index contributed by atoms with van der Waals surface area (Å²) in [4.78, 5) is 19.1. The molecule has 1 fully saturated rings. The minimum atomic E-state index is 0.00548. The summed E-state index contributed by atoms with van der Waals surface area (Å²) in [5.74, 6) is 2.12. The molecule has 0 saturated carbocycles. The lowest BCUT2D eigenvalue weighted by molar-refractivity contribution is -0.123. The van der Waals surface area contributed by atoms with Crippen LogP contribution >= 0.6 is 0 Å². The number of aryl methyl sites for hydroxylation is 1. The van der Waals surface area contributed by atoms with E-state index in [1.165, 1.54) is 0 Å². The molecule has 2 aromatic rings. The minimum absolute atomic E-state index is 0.00548. The average molecular weight is 342 g/mol. The summed E-state index contributed by atoms with van der Waals surface area (Å²) in [7, 11) is 0. The molecule has 7 nitrogen and oxygen atoms in total. The number of likely N-dealkylation sites (tertiary alicyclic amines) is 1. The molecule has 1 aromatic carbocycles. The number of aromatic nitrogens is 2. The Hall–Kier alpha value is -2.41. The van der Waals surface area contributed by atoms with Gasteiger partial charge in [-0.3, -0.25) is 9.69 Å². The van der Waals surface area contributed by atoms with E-state index in [1.807, 2.05) is 24.3 Å². The first-order chi connectivity index (χ1) is 12.2. The van der Waals surface area contributed by atoms with Crippen LogP contribution in [0.15, 0.2) is 28.8 Å². The summed E-state index contributed by atoms with van der Waals surface area (Å²) in [5.41, 5.74) is 1.05. The maximum absolute atomic E-state index is 12.6. The van der Waals surface area contributed by atoms with E-state index in [2.05, 4.69) is 20.4 Å². The van der Waals surface area contributed by atoms with Gasteiger partial charge in [0.05, 0.1) is 25.2 Å². The molecule has 132 valence electrons. The first kappa shape index (κ1) is 16.1. The summed E-state index contributed by atoms with van der Waals surface area (Å²) in [6.07, 6.45) is 2.77. The normalized spacial score (nSPS) is 23.1. The number of hydrogen-bond acceptors (Lipinski definition) is 6. The van der Waals surface area contributed by atoms with Gasteiger partial charge in [0.25, 0.3) is 0 Å². The molecule has 1 amide bonds. The minimum Gasteiger partial charge on any atom is -0.493 e. The highest BCUT2D eigenvalue weighted by atomic mass is 16.5. The molecule has 2 aliphatic heterocycles. The Kier molecular flexibility index (Phi) is 4.40. The van der Waals surface area contributed by atoms with Crippen LogP contribution in [0.2, 0.25) is 0 Å². The number of benzene rings is 1. The molecular weight excluding hydrogens is 320 g/mol. The van der Waals surface area contributed by atoms with Gasteiger partial charge in [0.2, 0.25) is 11.8 Å². The van der Waals surface area contributed by atoms with Crippen LogP contribution < -0.4 is 10.1 Å². The molecule has 0 spiro atoms. The van der Waals surface area contributed by atoms with Gasteiger partial charge in [0.15, 0.2) is 5.82 Å². The molecule has 2 unspecified atom stereocenters. The molecular formula is C18H22N4O3. The second-order valence-electron chi connectivity index (χ2n) is 6.60. The Morgan fingerprint density at radius 3 is 3.08 bits per heavy atom. The summed E-state index contributed by atoms with van der Waals surface area (Å²) in [5, 5.41) is 7.18. The molecule has 1 N–H and O–H groups in total. The molecule has 1 aromatic heterocycles. The SMILES string of the molecule is Cc1nc(C2CCCN2CC(=O)NC2CCOc3ccccc32)no1. The topological polar surface area (TPSA) is 80.5 Å². The fourth-order valence-electron chi connectivity index (χ4n) is 3.67. The van der Waals surface area contributed by atoms with Gasteiger partial charge >= 0.3 is 0 Å². The van der Waals surface area contributed by atoms with Crippen molar-refractivity contribution in [2.24, 2.45) is 0 Å². The van der Waals surface area contributed by atoms with Gasteiger partial charge in [-0.15, -0.1) is 0 Å². The van der Waals surface area contributed by atoms with E-state index in [0.29, 0.717) is 24.9 Å². The van der Waals surface area contributed by atoms with Crippen molar-refractivity contribution in [2.75, 3.05) is 19.7 Å². The average Bonchev–Trinajstić information content (AvgIpc) is 3.24. The quantitative estimate of drug-likeness (QED) is 0.917. The third-order valence-electron chi connectivity index (χ3n) is 4.85. The summed E-state index contributed by atoms with van der Waals surface area (Å²) in [6, 6.07) is 7.95. The summed E-state index contributed by atoms with van der Waals surface area (Å²) >= 11 is 0. The molecule has 4 rings (SSSR count). The highest BCUT2D eigenvalue weighted by Gasteiger charge is 2.32. The van der Waals surface area contributed by atoms with Gasteiger partial charge in [0.1, 0.15) is 5.75 Å². The van der Waals surface area contributed by atoms with E-state index in [1.54, 1.807) is 6.92 Å². The lowest BCUT2D eigenvalue weighted by Crippen LogP contribution is -2.40. The van der Waals surface area contributed by atoms with Crippen LogP contribution in [0.25, 0.3) is 0 Å². The largest absolute Gasteiger partial charge is 0.493 e. The van der Waals surface area contributed by atoms with Gasteiger partial charge in [-0.1, -0.05) is 23.4 Å². The van der Waals surface area contributed by atoms with Crippen LogP contribution in [0.4, 0.5) is 0 Å². The number of ether oxygens (including phenoxy) is 1. The number of fused-ring (bicyclic) bond motifs is 1. The van der Waals surface area contributed by atoms with Crippen molar-refractivity contribution >= 4 is 5.91 Å². The van der Waals surface area contributed by atoms with Crippen molar-refractivity contribution in [2.45, 2.75) is 38.3 Å². The highest BCUT2D eigenvalue weighted by molar-refractivity contribution is 5.78. The number of para-hydroxylation sites is 1. The molecule has 0 radical (unpaired) electrons. The van der Waals surface area contributed by atoms with Crippen molar-refractivity contribution in [3.63, 3.8) is 0 Å². The van der Waals surface area contributed by atoms with Crippen LogP contribution in [0, 0.1) is 6.92 Å². The smallest absolute Gasteiger partial charge is 0.234 e. The maximum atomic E-state index is 12.6. The Balaban J connectivity index is 1.41. The zero-order valence-corrected chi connectivity index (χ0v) is 14.3. The van der Waals surface area contributed by atoms with E-state index in [0.717, 1.165) is 37.1 Å². The molecule has 0 bridgehead atoms. The van der Waals surface area contributed by atoms with Gasteiger partial charge in [-0.25, -0.2) is 0 Å². The van der Waals surface area contributed by atoms with Crippen molar-refractivity contribution in [1.82, 2.24) is 20.4 Å². The fourth-order valence-corrected chi connectivity index (χ4v) is 3.67. The number of rotatable bonds is 4. The molecule has 2 atom stereocenters. The Morgan fingerprint density at radius 1 is 1.36 bits per heavy atom. The van der Waals surface area contributed by atoms with Crippen LogP contribution in [0.1, 0.15) is 48.6 Å². The summed E-state index contributed by atoms with van der Waals surface area (Å²) < 4.78 is 10.7. The number of carbonyl (C=O) groups is 1. The monoisotopic (exact) mass is 342 g/mol.